The number of ether oxygens (including phenoxy) is 1. The van der Waals surface area contributed by atoms with Crippen LogP contribution in [0.1, 0.15) is 42.4 Å². The number of anilines is 1. The third-order valence-corrected chi connectivity index (χ3v) is 7.27. The van der Waals surface area contributed by atoms with Crippen LogP contribution in [0.2, 0.25) is 0 Å². The van der Waals surface area contributed by atoms with Crippen LogP contribution < -0.4 is 15.6 Å². The van der Waals surface area contributed by atoms with Crippen molar-refractivity contribution in [3.63, 3.8) is 0 Å². The summed E-state index contributed by atoms with van der Waals surface area (Å²) in [6.07, 6.45) is 2.51. The highest BCUT2D eigenvalue weighted by Gasteiger charge is 2.26. The molecule has 2 aromatic heterocycles. The van der Waals surface area contributed by atoms with E-state index in [1.165, 1.54) is 22.2 Å². The predicted molar refractivity (Wildman–Crippen MR) is 134 cm³/mol. The Morgan fingerprint density at radius 2 is 1.85 bits per heavy atom. The number of thiophene rings is 1. The number of nitrogens with one attached hydrogen (secondary N) is 1. The van der Waals surface area contributed by atoms with Crippen LogP contribution in [0.25, 0.3) is 10.2 Å². The van der Waals surface area contributed by atoms with Gasteiger partial charge < -0.3 is 15.0 Å². The van der Waals surface area contributed by atoms with Crippen molar-refractivity contribution >= 4 is 39.1 Å². The van der Waals surface area contributed by atoms with E-state index in [-0.39, 0.29) is 23.9 Å². The second kappa shape index (κ2) is 9.97. The maximum Gasteiger partial charge on any atom is 0.266 e. The van der Waals surface area contributed by atoms with Gasteiger partial charge in [0, 0.05) is 18.8 Å². The Morgan fingerprint density at radius 1 is 1.18 bits per heavy atom. The smallest absolute Gasteiger partial charge is 0.266 e. The number of likely N-dealkylation sites (tertiary alicyclic amines) is 1. The molecule has 1 aliphatic rings. The zero-order chi connectivity index (χ0) is 24.4. The van der Waals surface area contributed by atoms with Gasteiger partial charge in [-0.15, -0.1) is 11.3 Å². The summed E-state index contributed by atoms with van der Waals surface area (Å²) in [5, 5.41) is 3.25. The van der Waals surface area contributed by atoms with Gasteiger partial charge in [0.25, 0.3) is 11.5 Å². The summed E-state index contributed by atoms with van der Waals surface area (Å²) in [4.78, 5) is 46.2. The fraction of sp³-hybridized carbons (Fsp3) is 0.440. The number of rotatable bonds is 6. The first-order valence-corrected chi connectivity index (χ1v) is 12.4. The number of carbonyl (C=O) groups is 2. The fourth-order valence-electron chi connectivity index (χ4n) is 4.59. The first-order valence-electron chi connectivity index (χ1n) is 11.6. The minimum atomic E-state index is -0.303. The van der Waals surface area contributed by atoms with E-state index < -0.39 is 0 Å². The molecule has 0 aliphatic carbocycles. The van der Waals surface area contributed by atoms with Crippen LogP contribution in [-0.4, -0.2) is 46.0 Å². The van der Waals surface area contributed by atoms with Crippen LogP contribution >= 0.6 is 11.3 Å². The lowest BCUT2D eigenvalue weighted by Gasteiger charge is -2.35. The Hall–Kier alpha value is -3.20. The summed E-state index contributed by atoms with van der Waals surface area (Å²) in [7, 11) is 0. The average molecular weight is 483 g/mol. The highest BCUT2D eigenvalue weighted by Crippen LogP contribution is 2.28. The first kappa shape index (κ1) is 23.9. The van der Waals surface area contributed by atoms with Gasteiger partial charge in [-0.05, 0) is 61.9 Å². The first-order chi connectivity index (χ1) is 16.3. The Balaban J connectivity index is 1.54. The summed E-state index contributed by atoms with van der Waals surface area (Å²) in [6.45, 7) is 9.88. The van der Waals surface area contributed by atoms with Crippen molar-refractivity contribution in [3.8, 4) is 5.75 Å². The molecule has 1 N–H and O–H groups in total. The van der Waals surface area contributed by atoms with Crippen molar-refractivity contribution in [1.29, 1.82) is 0 Å². The number of nitrogens with zero attached hydrogens (tertiary/aromatic N) is 3. The normalized spacial score (nSPS) is 18.2. The van der Waals surface area contributed by atoms with Gasteiger partial charge in [-0.1, -0.05) is 13.8 Å². The van der Waals surface area contributed by atoms with E-state index in [0.29, 0.717) is 57.9 Å². The molecular weight excluding hydrogens is 452 g/mol. The molecule has 4 rings (SSSR count). The summed E-state index contributed by atoms with van der Waals surface area (Å²) >= 11 is 1.18. The molecule has 9 heteroatoms. The van der Waals surface area contributed by atoms with Crippen LogP contribution in [0.15, 0.2) is 35.4 Å². The molecular formula is C25H30N4O4S. The molecule has 0 saturated carbocycles. The van der Waals surface area contributed by atoms with E-state index in [9.17, 15) is 14.4 Å². The maximum absolute atomic E-state index is 13.2. The number of aromatic nitrogens is 2. The Bertz CT molecular complexity index is 1250. The molecule has 3 heterocycles. The molecule has 1 saturated heterocycles. The Labute approximate surface area is 202 Å². The Kier molecular flexibility index (Phi) is 7.02. The second-order valence-electron chi connectivity index (χ2n) is 9.07. The summed E-state index contributed by atoms with van der Waals surface area (Å²) in [5.41, 5.74) is 0.902. The van der Waals surface area contributed by atoms with Crippen LogP contribution in [0.5, 0.6) is 5.75 Å². The van der Waals surface area contributed by atoms with Gasteiger partial charge in [0.15, 0.2) is 0 Å². The number of fused-ring (bicyclic) bond motifs is 1. The molecule has 2 atom stereocenters. The van der Waals surface area contributed by atoms with Gasteiger partial charge in [-0.2, -0.15) is 0 Å². The number of amides is 2. The molecule has 2 amide bonds. The van der Waals surface area contributed by atoms with E-state index in [0.717, 1.165) is 12.2 Å². The molecule has 180 valence electrons. The van der Waals surface area contributed by atoms with Gasteiger partial charge in [-0.25, -0.2) is 4.98 Å². The minimum Gasteiger partial charge on any atom is -0.494 e. The van der Waals surface area contributed by atoms with Crippen LogP contribution in [0.4, 0.5) is 5.69 Å². The largest absolute Gasteiger partial charge is 0.494 e. The van der Waals surface area contributed by atoms with Gasteiger partial charge in [0.05, 0.1) is 23.2 Å². The highest BCUT2D eigenvalue weighted by molar-refractivity contribution is 7.20. The molecule has 8 nitrogen and oxygen atoms in total. The maximum atomic E-state index is 13.2. The molecule has 1 fully saturated rings. The number of aryl methyl sites for hydroxylation is 1. The number of benzene rings is 1. The summed E-state index contributed by atoms with van der Waals surface area (Å²) in [6, 6.07) is 7.12. The minimum absolute atomic E-state index is 0.0514. The molecule has 0 unspecified atom stereocenters. The Morgan fingerprint density at radius 3 is 2.50 bits per heavy atom. The van der Waals surface area contributed by atoms with Gasteiger partial charge in [0.2, 0.25) is 5.91 Å². The van der Waals surface area contributed by atoms with Crippen molar-refractivity contribution in [3.05, 3.63) is 51.4 Å². The lowest BCUT2D eigenvalue weighted by molar-refractivity contribution is -0.134. The third-order valence-electron chi connectivity index (χ3n) is 6.07. The lowest BCUT2D eigenvalue weighted by Crippen LogP contribution is -2.44. The van der Waals surface area contributed by atoms with Crippen molar-refractivity contribution in [2.45, 2.75) is 40.7 Å². The zero-order valence-corrected chi connectivity index (χ0v) is 20.8. The van der Waals surface area contributed by atoms with Crippen LogP contribution in [0, 0.1) is 18.8 Å². The number of carbonyl (C=O) groups excluding carboxylic acids is 2. The molecule has 1 aromatic carbocycles. The van der Waals surface area contributed by atoms with E-state index in [2.05, 4.69) is 24.1 Å². The quantitative estimate of drug-likeness (QED) is 0.575. The predicted octanol–water partition coefficient (Wildman–Crippen LogP) is 3.92. The molecule has 1 aliphatic heterocycles. The van der Waals surface area contributed by atoms with Crippen molar-refractivity contribution < 1.29 is 14.3 Å². The number of hydrogen-bond acceptors (Lipinski definition) is 6. The van der Waals surface area contributed by atoms with Crippen molar-refractivity contribution in [1.82, 2.24) is 14.5 Å². The molecule has 0 spiro atoms. The van der Waals surface area contributed by atoms with Gasteiger partial charge in [-0.3, -0.25) is 19.0 Å². The SMILES string of the molecule is CCOc1ccc(NC(=O)c2sc3ncn(CC(=O)N4C[C@@H](C)C[C@H](C)C4)c(=O)c3c2C)cc1. The fourth-order valence-corrected chi connectivity index (χ4v) is 5.62. The summed E-state index contributed by atoms with van der Waals surface area (Å²) in [5.74, 6) is 1.23. The monoisotopic (exact) mass is 482 g/mol. The van der Waals surface area contributed by atoms with Crippen molar-refractivity contribution in [2.24, 2.45) is 11.8 Å². The van der Waals surface area contributed by atoms with Gasteiger partial charge in [0.1, 0.15) is 17.1 Å². The second-order valence-corrected chi connectivity index (χ2v) is 10.1. The average Bonchev–Trinajstić information content (AvgIpc) is 3.13. The van der Waals surface area contributed by atoms with Crippen molar-refractivity contribution in [2.75, 3.05) is 25.0 Å². The highest BCUT2D eigenvalue weighted by atomic mass is 32.1. The lowest BCUT2D eigenvalue weighted by atomic mass is 9.92. The molecule has 0 radical (unpaired) electrons. The van der Waals surface area contributed by atoms with Crippen LogP contribution in [0.3, 0.4) is 0 Å². The van der Waals surface area contributed by atoms with Gasteiger partial charge >= 0.3 is 0 Å². The van der Waals surface area contributed by atoms with Crippen LogP contribution in [-0.2, 0) is 11.3 Å². The number of piperidine rings is 1. The molecule has 34 heavy (non-hydrogen) atoms. The van der Waals surface area contributed by atoms with E-state index >= 15 is 0 Å². The molecule has 3 aromatic rings. The summed E-state index contributed by atoms with van der Waals surface area (Å²) < 4.78 is 6.78. The standard InChI is InChI=1S/C25H30N4O4S/c1-5-33-19-8-6-18(7-9-19)27-23(31)22-17(4)21-24(34-22)26-14-29(25(21)32)13-20(30)28-11-15(2)10-16(3)12-28/h6-9,14-16H,5,10-13H2,1-4H3,(H,27,31)/t15-,16-/m0/s1. The van der Waals surface area contributed by atoms with E-state index in [4.69, 9.17) is 4.74 Å². The third kappa shape index (κ3) is 4.99. The van der Waals surface area contributed by atoms with E-state index in [1.807, 2.05) is 11.8 Å². The zero-order valence-electron chi connectivity index (χ0n) is 20.0. The molecule has 0 bridgehead atoms. The number of hydrogen-bond donors (Lipinski definition) is 1. The topological polar surface area (TPSA) is 93.5 Å². The van der Waals surface area contributed by atoms with E-state index in [1.54, 1.807) is 31.2 Å².